The first-order chi connectivity index (χ1) is 14.3. The van der Waals surface area contributed by atoms with Gasteiger partial charge in [-0.3, -0.25) is 9.59 Å². The maximum atomic E-state index is 12.8. The minimum atomic E-state index is -3.79. The number of rotatable bonds is 7. The van der Waals surface area contributed by atoms with Crippen molar-refractivity contribution in [3.8, 4) is 0 Å². The largest absolute Gasteiger partial charge is 0.340 e. The van der Waals surface area contributed by atoms with Gasteiger partial charge in [0.25, 0.3) is 5.91 Å². The number of sulfonamides is 1. The first-order valence-corrected chi connectivity index (χ1v) is 11.6. The number of benzene rings is 2. The lowest BCUT2D eigenvalue weighted by Crippen LogP contribution is -2.42. The molecule has 0 radical (unpaired) electrons. The van der Waals surface area contributed by atoms with Gasteiger partial charge in [-0.1, -0.05) is 36.4 Å². The minimum absolute atomic E-state index is 0.0199. The van der Waals surface area contributed by atoms with Gasteiger partial charge in [-0.05, 0) is 49.4 Å². The van der Waals surface area contributed by atoms with Crippen molar-refractivity contribution in [2.45, 2.75) is 49.7 Å². The van der Waals surface area contributed by atoms with Crippen LogP contribution in [0.4, 0.5) is 0 Å². The first-order valence-electron chi connectivity index (χ1n) is 10.1. The number of likely N-dealkylation sites (tertiary alicyclic amines) is 1. The van der Waals surface area contributed by atoms with E-state index in [0.29, 0.717) is 24.6 Å². The Labute approximate surface area is 176 Å². The number of carbonyl (C=O) groups is 2. The van der Waals surface area contributed by atoms with Crippen molar-refractivity contribution < 1.29 is 18.0 Å². The zero-order valence-electron chi connectivity index (χ0n) is 16.8. The summed E-state index contributed by atoms with van der Waals surface area (Å²) in [6.07, 6.45) is 2.64. The fourth-order valence-electron chi connectivity index (χ4n) is 3.69. The summed E-state index contributed by atoms with van der Waals surface area (Å²) in [6.45, 7) is 2.56. The second kappa shape index (κ2) is 8.20. The fraction of sp³-hybridized carbons (Fsp3) is 0.364. The van der Waals surface area contributed by atoms with Gasteiger partial charge in [0.15, 0.2) is 0 Å². The minimum Gasteiger partial charge on any atom is -0.340 e. The zero-order chi connectivity index (χ0) is 21.3. The monoisotopic (exact) mass is 427 g/mol. The van der Waals surface area contributed by atoms with E-state index in [2.05, 4.69) is 10.0 Å². The van der Waals surface area contributed by atoms with Crippen molar-refractivity contribution in [2.75, 3.05) is 6.54 Å². The Hall–Kier alpha value is -2.71. The third kappa shape index (κ3) is 4.39. The van der Waals surface area contributed by atoms with E-state index < -0.39 is 22.0 Å². The molecule has 2 fully saturated rings. The Morgan fingerprint density at radius 3 is 2.53 bits per heavy atom. The highest BCUT2D eigenvalue weighted by Gasteiger charge is 2.41. The van der Waals surface area contributed by atoms with E-state index >= 15 is 0 Å². The van der Waals surface area contributed by atoms with Crippen molar-refractivity contribution in [3.05, 3.63) is 65.2 Å². The summed E-state index contributed by atoms with van der Waals surface area (Å²) in [7, 11) is -3.79. The lowest BCUT2D eigenvalue weighted by molar-refractivity contribution is -0.129. The van der Waals surface area contributed by atoms with Crippen molar-refractivity contribution in [1.82, 2.24) is 14.9 Å². The second-order valence-electron chi connectivity index (χ2n) is 7.86. The van der Waals surface area contributed by atoms with Crippen LogP contribution in [0.15, 0.2) is 53.4 Å². The number of nitrogens with one attached hydrogen (secondary N) is 2. The van der Waals surface area contributed by atoms with Crippen LogP contribution in [-0.4, -0.2) is 43.8 Å². The van der Waals surface area contributed by atoms with Crippen LogP contribution in [0.3, 0.4) is 0 Å². The van der Waals surface area contributed by atoms with Gasteiger partial charge < -0.3 is 10.2 Å². The van der Waals surface area contributed by atoms with E-state index in [9.17, 15) is 18.0 Å². The van der Waals surface area contributed by atoms with Crippen LogP contribution < -0.4 is 10.0 Å². The Morgan fingerprint density at radius 2 is 1.83 bits per heavy atom. The molecule has 2 N–H and O–H groups in total. The van der Waals surface area contributed by atoms with Crippen molar-refractivity contribution in [2.24, 2.45) is 0 Å². The third-order valence-corrected chi connectivity index (χ3v) is 7.00. The normalized spacial score (nSPS) is 19.2. The van der Waals surface area contributed by atoms with Crippen LogP contribution in [0.5, 0.6) is 0 Å². The average Bonchev–Trinajstić information content (AvgIpc) is 3.51. The van der Waals surface area contributed by atoms with E-state index in [1.54, 1.807) is 13.0 Å². The number of amides is 2. The van der Waals surface area contributed by atoms with Crippen molar-refractivity contribution in [3.63, 3.8) is 0 Å². The topological polar surface area (TPSA) is 95.6 Å². The highest BCUT2D eigenvalue weighted by atomic mass is 32.2. The molecule has 0 aromatic heterocycles. The molecule has 30 heavy (non-hydrogen) atoms. The molecule has 1 unspecified atom stereocenters. The Morgan fingerprint density at radius 1 is 1.10 bits per heavy atom. The van der Waals surface area contributed by atoms with Gasteiger partial charge in [0.1, 0.15) is 6.04 Å². The lowest BCUT2D eigenvalue weighted by Gasteiger charge is -2.17. The van der Waals surface area contributed by atoms with Crippen molar-refractivity contribution >= 4 is 21.8 Å². The highest BCUT2D eigenvalue weighted by Crippen LogP contribution is 2.30. The molecule has 158 valence electrons. The molecule has 2 aliphatic rings. The molecule has 0 spiro atoms. The van der Waals surface area contributed by atoms with Crippen LogP contribution in [0, 0.1) is 6.92 Å². The molecule has 8 heteroatoms. The highest BCUT2D eigenvalue weighted by molar-refractivity contribution is 7.89. The molecule has 4 rings (SSSR count). The van der Waals surface area contributed by atoms with Crippen LogP contribution in [-0.2, 0) is 21.4 Å². The maximum Gasteiger partial charge on any atom is 0.252 e. The Kier molecular flexibility index (Phi) is 5.62. The van der Waals surface area contributed by atoms with Crippen molar-refractivity contribution in [1.29, 1.82) is 0 Å². The van der Waals surface area contributed by atoms with Gasteiger partial charge >= 0.3 is 0 Å². The van der Waals surface area contributed by atoms with E-state index in [0.717, 1.165) is 18.4 Å². The van der Waals surface area contributed by atoms with Gasteiger partial charge in [0.2, 0.25) is 15.9 Å². The summed E-state index contributed by atoms with van der Waals surface area (Å²) >= 11 is 0. The summed E-state index contributed by atoms with van der Waals surface area (Å²) < 4.78 is 28.0. The molecule has 1 aliphatic heterocycles. The van der Waals surface area contributed by atoms with Crippen LogP contribution in [0.2, 0.25) is 0 Å². The molecule has 1 saturated carbocycles. The van der Waals surface area contributed by atoms with Crippen LogP contribution in [0.1, 0.15) is 40.7 Å². The lowest BCUT2D eigenvalue weighted by atomic mass is 10.1. The SMILES string of the molecule is Cc1ccc(S(=O)(=O)NCc2ccccc2)cc1C(=O)NC1CCN(C2CC2)C1=O. The Balaban J connectivity index is 1.47. The molecule has 2 amide bonds. The predicted molar refractivity (Wildman–Crippen MR) is 112 cm³/mol. The fourth-order valence-corrected chi connectivity index (χ4v) is 4.73. The molecule has 1 saturated heterocycles. The molecule has 1 heterocycles. The summed E-state index contributed by atoms with van der Waals surface area (Å²) in [5, 5.41) is 2.79. The smallest absolute Gasteiger partial charge is 0.252 e. The number of carbonyl (C=O) groups excluding carboxylic acids is 2. The molecule has 2 aromatic rings. The molecule has 0 bridgehead atoms. The van der Waals surface area contributed by atoms with Gasteiger partial charge in [0.05, 0.1) is 4.90 Å². The van der Waals surface area contributed by atoms with Gasteiger partial charge in [-0.25, -0.2) is 13.1 Å². The number of hydrogen-bond acceptors (Lipinski definition) is 4. The number of aryl methyl sites for hydroxylation is 1. The summed E-state index contributed by atoms with van der Waals surface area (Å²) in [4.78, 5) is 27.2. The molecule has 7 nitrogen and oxygen atoms in total. The van der Waals surface area contributed by atoms with Gasteiger partial charge in [0, 0.05) is 24.7 Å². The summed E-state index contributed by atoms with van der Waals surface area (Å²) in [5.74, 6) is -0.472. The Bertz CT molecular complexity index is 1070. The van der Waals surface area contributed by atoms with E-state index in [4.69, 9.17) is 0 Å². The molecular weight excluding hydrogens is 402 g/mol. The number of nitrogens with zero attached hydrogens (tertiary/aromatic N) is 1. The zero-order valence-corrected chi connectivity index (χ0v) is 17.6. The van der Waals surface area contributed by atoms with Crippen LogP contribution in [0.25, 0.3) is 0 Å². The van der Waals surface area contributed by atoms with Crippen LogP contribution >= 0.6 is 0 Å². The average molecular weight is 428 g/mol. The van der Waals surface area contributed by atoms with Gasteiger partial charge in [-0.15, -0.1) is 0 Å². The molecule has 1 aliphatic carbocycles. The molecule has 1 atom stereocenters. The second-order valence-corrected chi connectivity index (χ2v) is 9.63. The van der Waals surface area contributed by atoms with E-state index in [1.165, 1.54) is 12.1 Å². The first kappa shape index (κ1) is 20.6. The number of hydrogen-bond donors (Lipinski definition) is 2. The summed E-state index contributed by atoms with van der Waals surface area (Å²) in [5.41, 5.74) is 1.75. The summed E-state index contributed by atoms with van der Waals surface area (Å²) in [6, 6.07) is 13.4. The van der Waals surface area contributed by atoms with E-state index in [-0.39, 0.29) is 22.9 Å². The van der Waals surface area contributed by atoms with Gasteiger partial charge in [-0.2, -0.15) is 0 Å². The third-order valence-electron chi connectivity index (χ3n) is 5.61. The molecular formula is C22H25N3O4S. The standard InChI is InChI=1S/C22H25N3O4S/c1-15-7-10-18(30(28,29)23-14-16-5-3-2-4-6-16)13-19(15)21(26)24-20-11-12-25(22(20)27)17-8-9-17/h2-7,10,13,17,20,23H,8-9,11-12,14H2,1H3,(H,24,26). The molecule has 2 aromatic carbocycles. The van der Waals surface area contributed by atoms with E-state index in [1.807, 2.05) is 35.2 Å². The quantitative estimate of drug-likeness (QED) is 0.706. The maximum absolute atomic E-state index is 12.8. The predicted octanol–water partition coefficient (Wildman–Crippen LogP) is 1.97.